The normalized spacial score (nSPS) is 11.6. The number of fused-ring (bicyclic) bond motifs is 6. The molecule has 0 aliphatic rings. The second-order valence-corrected chi connectivity index (χ2v) is 12.5. The van der Waals surface area contributed by atoms with E-state index in [1.54, 1.807) is 0 Å². The van der Waals surface area contributed by atoms with E-state index in [2.05, 4.69) is 131 Å². The third kappa shape index (κ3) is 4.52. The SMILES string of the molecule is c1ccc(-c2nc(-c3ccccc3)[nH+]c(-c3cccc4c3oc3c(-c5ccc6c(c5)c5ccccc5n6-c5ccccc5)cccc34)n2)cc1. The number of aromatic amines is 1. The molecular formula is C45H29N4O+. The van der Waals surface area contributed by atoms with E-state index in [-0.39, 0.29) is 0 Å². The van der Waals surface area contributed by atoms with Gasteiger partial charge in [-0.3, -0.25) is 0 Å². The molecule has 0 amide bonds. The van der Waals surface area contributed by atoms with Crippen LogP contribution in [0.15, 0.2) is 174 Å². The second kappa shape index (κ2) is 11.4. The lowest BCUT2D eigenvalue weighted by Crippen LogP contribution is -2.17. The first-order valence-corrected chi connectivity index (χ1v) is 16.8. The van der Waals surface area contributed by atoms with Gasteiger partial charge in [0.1, 0.15) is 11.2 Å². The number of nitrogens with one attached hydrogen (secondary N) is 1. The molecule has 0 saturated carbocycles. The first-order valence-electron chi connectivity index (χ1n) is 16.8. The third-order valence-electron chi connectivity index (χ3n) is 9.53. The average molecular weight is 642 g/mol. The molecule has 3 heterocycles. The Kier molecular flexibility index (Phi) is 6.42. The molecule has 0 saturated heterocycles. The first-order chi connectivity index (χ1) is 24.8. The fourth-order valence-corrected chi connectivity index (χ4v) is 7.21. The molecule has 1 N–H and O–H groups in total. The van der Waals surface area contributed by atoms with Crippen LogP contribution in [0.2, 0.25) is 0 Å². The summed E-state index contributed by atoms with van der Waals surface area (Å²) in [6.45, 7) is 0. The Labute approximate surface area is 287 Å². The van der Waals surface area contributed by atoms with Crippen molar-refractivity contribution in [2.24, 2.45) is 0 Å². The van der Waals surface area contributed by atoms with Crippen molar-refractivity contribution in [3.05, 3.63) is 170 Å². The molecule has 0 fully saturated rings. The number of rotatable bonds is 5. The molecule has 0 aliphatic heterocycles. The topological polar surface area (TPSA) is 58.0 Å². The second-order valence-electron chi connectivity index (χ2n) is 12.5. The van der Waals surface area contributed by atoms with Gasteiger partial charge < -0.3 is 8.98 Å². The Balaban J connectivity index is 1.17. The number of nitrogens with zero attached hydrogens (tertiary/aromatic N) is 3. The summed E-state index contributed by atoms with van der Waals surface area (Å²) >= 11 is 0. The summed E-state index contributed by atoms with van der Waals surface area (Å²) in [6.07, 6.45) is 0. The van der Waals surface area contributed by atoms with Crippen LogP contribution in [0.1, 0.15) is 0 Å². The van der Waals surface area contributed by atoms with Crippen LogP contribution in [-0.4, -0.2) is 14.5 Å². The molecule has 0 spiro atoms. The highest BCUT2D eigenvalue weighted by atomic mass is 16.3. The van der Waals surface area contributed by atoms with E-state index >= 15 is 0 Å². The van der Waals surface area contributed by atoms with E-state index in [9.17, 15) is 0 Å². The molecule has 3 aromatic heterocycles. The lowest BCUT2D eigenvalue weighted by Gasteiger charge is -2.08. The quantitative estimate of drug-likeness (QED) is 0.188. The molecule has 234 valence electrons. The molecule has 0 aliphatic carbocycles. The lowest BCUT2D eigenvalue weighted by molar-refractivity contribution is -0.359. The molecule has 5 nitrogen and oxygen atoms in total. The van der Waals surface area contributed by atoms with Gasteiger partial charge >= 0.3 is 5.82 Å². The zero-order chi connectivity index (χ0) is 33.0. The number of furan rings is 1. The Morgan fingerprint density at radius 1 is 0.420 bits per heavy atom. The van der Waals surface area contributed by atoms with E-state index in [0.29, 0.717) is 11.6 Å². The van der Waals surface area contributed by atoms with Crippen molar-refractivity contribution >= 4 is 43.7 Å². The van der Waals surface area contributed by atoms with Crippen molar-refractivity contribution in [3.8, 4) is 51.0 Å². The zero-order valence-corrected chi connectivity index (χ0v) is 26.9. The molecular weight excluding hydrogens is 613 g/mol. The number of H-pyrrole nitrogens is 1. The Morgan fingerprint density at radius 3 is 1.76 bits per heavy atom. The van der Waals surface area contributed by atoms with Gasteiger partial charge in [-0.15, -0.1) is 0 Å². The summed E-state index contributed by atoms with van der Waals surface area (Å²) in [5.74, 6) is 2.08. The van der Waals surface area contributed by atoms with Crippen LogP contribution in [0, 0.1) is 0 Å². The largest absolute Gasteiger partial charge is 0.455 e. The molecule has 10 aromatic rings. The summed E-state index contributed by atoms with van der Waals surface area (Å²) < 4.78 is 9.24. The highest BCUT2D eigenvalue weighted by molar-refractivity contribution is 6.14. The van der Waals surface area contributed by atoms with E-state index in [0.717, 1.165) is 61.3 Å². The van der Waals surface area contributed by atoms with Crippen molar-refractivity contribution in [1.82, 2.24) is 14.5 Å². The minimum Gasteiger partial charge on any atom is -0.455 e. The van der Waals surface area contributed by atoms with Crippen molar-refractivity contribution in [2.45, 2.75) is 0 Å². The van der Waals surface area contributed by atoms with Crippen LogP contribution in [0.25, 0.3) is 94.7 Å². The van der Waals surface area contributed by atoms with Crippen LogP contribution >= 0.6 is 0 Å². The summed E-state index contributed by atoms with van der Waals surface area (Å²) in [6, 6.07) is 58.9. The summed E-state index contributed by atoms with van der Waals surface area (Å²) in [4.78, 5) is 13.5. The van der Waals surface area contributed by atoms with Gasteiger partial charge in [0.05, 0.1) is 27.7 Å². The Morgan fingerprint density at radius 2 is 1.00 bits per heavy atom. The standard InChI is InChI=1S/C45H28N4O/c1-4-14-29(15-5-1)43-46-44(30-16-6-2-7-17-30)48-45(47-43)37-24-13-23-36-35-22-12-21-33(41(35)50-42(36)37)31-26-27-40-38(28-31)34-20-10-11-25-39(34)49(40)32-18-8-3-9-19-32/h1-28H/p+1. The lowest BCUT2D eigenvalue weighted by atomic mass is 10.00. The van der Waals surface area contributed by atoms with Crippen LogP contribution in [0.5, 0.6) is 0 Å². The molecule has 10 rings (SSSR count). The van der Waals surface area contributed by atoms with E-state index in [4.69, 9.17) is 14.4 Å². The molecule has 0 radical (unpaired) electrons. The maximum Gasteiger partial charge on any atom is 0.308 e. The maximum atomic E-state index is 6.90. The molecule has 7 aromatic carbocycles. The summed E-state index contributed by atoms with van der Waals surface area (Å²) in [5.41, 5.74) is 10.1. The minimum absolute atomic E-state index is 0.648. The zero-order valence-electron chi connectivity index (χ0n) is 26.9. The van der Waals surface area contributed by atoms with Crippen LogP contribution in [0.4, 0.5) is 0 Å². The average Bonchev–Trinajstić information content (AvgIpc) is 3.74. The number of benzene rings is 7. The number of aromatic nitrogens is 4. The van der Waals surface area contributed by atoms with Gasteiger partial charge in [0.15, 0.2) is 0 Å². The summed E-state index contributed by atoms with van der Waals surface area (Å²) in [7, 11) is 0. The maximum absolute atomic E-state index is 6.90. The van der Waals surface area contributed by atoms with Gasteiger partial charge in [-0.1, -0.05) is 119 Å². The van der Waals surface area contributed by atoms with Gasteiger partial charge in [-0.2, -0.15) is 0 Å². The van der Waals surface area contributed by atoms with Gasteiger partial charge in [0, 0.05) is 32.8 Å². The van der Waals surface area contributed by atoms with E-state index < -0.39 is 0 Å². The van der Waals surface area contributed by atoms with Gasteiger partial charge in [-0.05, 0) is 66.2 Å². The van der Waals surface area contributed by atoms with Crippen molar-refractivity contribution < 1.29 is 9.40 Å². The van der Waals surface area contributed by atoms with Crippen LogP contribution in [-0.2, 0) is 0 Å². The predicted molar refractivity (Wildman–Crippen MR) is 202 cm³/mol. The number of hydrogen-bond donors (Lipinski definition) is 0. The fourth-order valence-electron chi connectivity index (χ4n) is 7.21. The number of hydrogen-bond acceptors (Lipinski definition) is 3. The Bertz CT molecular complexity index is 2800. The monoisotopic (exact) mass is 641 g/mol. The van der Waals surface area contributed by atoms with Gasteiger partial charge in [-0.25, -0.2) is 4.98 Å². The summed E-state index contributed by atoms with van der Waals surface area (Å²) in [5, 5.41) is 4.52. The van der Waals surface area contributed by atoms with Gasteiger partial charge in [0.25, 0.3) is 11.6 Å². The molecule has 0 atom stereocenters. The van der Waals surface area contributed by atoms with Crippen molar-refractivity contribution in [2.75, 3.05) is 0 Å². The third-order valence-corrected chi connectivity index (χ3v) is 9.53. The Hall–Kier alpha value is -6.85. The molecule has 0 unspecified atom stereocenters. The predicted octanol–water partition coefficient (Wildman–Crippen LogP) is 11.0. The van der Waals surface area contributed by atoms with E-state index in [1.807, 2.05) is 48.5 Å². The molecule has 5 heteroatoms. The molecule has 50 heavy (non-hydrogen) atoms. The van der Waals surface area contributed by atoms with Crippen molar-refractivity contribution in [1.29, 1.82) is 0 Å². The fraction of sp³-hybridized carbons (Fsp3) is 0. The smallest absolute Gasteiger partial charge is 0.308 e. The van der Waals surface area contributed by atoms with Crippen LogP contribution < -0.4 is 4.98 Å². The van der Waals surface area contributed by atoms with Crippen LogP contribution in [0.3, 0.4) is 0 Å². The molecule has 0 bridgehead atoms. The highest BCUT2D eigenvalue weighted by Crippen LogP contribution is 2.41. The van der Waals surface area contributed by atoms with E-state index in [1.165, 1.54) is 21.8 Å². The highest BCUT2D eigenvalue weighted by Gasteiger charge is 2.24. The minimum atomic E-state index is 0.648. The first kappa shape index (κ1) is 28.2. The van der Waals surface area contributed by atoms with Crippen molar-refractivity contribution in [3.63, 3.8) is 0 Å². The number of para-hydroxylation sites is 4. The van der Waals surface area contributed by atoms with Gasteiger partial charge in [0.2, 0.25) is 0 Å².